The van der Waals surface area contributed by atoms with Crippen molar-refractivity contribution in [1.82, 2.24) is 19.5 Å². The van der Waals surface area contributed by atoms with Gasteiger partial charge in [-0.15, -0.1) is 0 Å². The van der Waals surface area contributed by atoms with E-state index in [9.17, 15) is 9.18 Å². The summed E-state index contributed by atoms with van der Waals surface area (Å²) < 4.78 is 47.4. The Kier molecular flexibility index (Phi) is 8.18. The quantitative estimate of drug-likeness (QED) is 0.147. The number of esters is 1. The summed E-state index contributed by atoms with van der Waals surface area (Å²) in [6, 6.07) is 16.9. The fourth-order valence-corrected chi connectivity index (χ4v) is 5.34. The van der Waals surface area contributed by atoms with E-state index in [1.807, 2.05) is 10.6 Å². The number of benzene rings is 3. The van der Waals surface area contributed by atoms with Gasteiger partial charge in [-0.1, -0.05) is 23.7 Å². The number of hydrogen-bond acceptors (Lipinski definition) is 7. The van der Waals surface area contributed by atoms with Crippen molar-refractivity contribution in [2.24, 2.45) is 5.41 Å². The summed E-state index contributed by atoms with van der Waals surface area (Å²) >= 11 is 6.04. The molecule has 1 aliphatic rings. The lowest BCUT2D eigenvalue weighted by molar-refractivity contribution is 0.0601. The highest BCUT2D eigenvalue weighted by molar-refractivity contribution is 6.30. The van der Waals surface area contributed by atoms with Crippen molar-refractivity contribution in [3.05, 3.63) is 100 Å². The standard InChI is InChI=1S/C33H29ClF2N4O4/c1-42-29-16-23(34)6-4-22(29)17-44-32-37-12-9-26(39-32)24-7-3-20(13-25(24)36)14-30-38-27-8-5-21(31(41)43-2)15-28(27)40(30)19-33(18-35)10-11-33/h3-9,12-13,15-16H,10-11,14,17-19H2,1-2H3. The Morgan fingerprint density at radius 3 is 2.61 bits per heavy atom. The summed E-state index contributed by atoms with van der Waals surface area (Å²) in [5.74, 6) is 0.298. The van der Waals surface area contributed by atoms with Gasteiger partial charge in [0.2, 0.25) is 0 Å². The lowest BCUT2D eigenvalue weighted by Gasteiger charge is -2.16. The van der Waals surface area contributed by atoms with Crippen LogP contribution in [0, 0.1) is 11.2 Å². The third kappa shape index (κ3) is 6.07. The second-order valence-corrected chi connectivity index (χ2v) is 11.3. The van der Waals surface area contributed by atoms with E-state index in [1.165, 1.54) is 19.4 Å². The number of rotatable bonds is 11. The predicted molar refractivity (Wildman–Crippen MR) is 161 cm³/mol. The van der Waals surface area contributed by atoms with Gasteiger partial charge in [0.15, 0.2) is 0 Å². The summed E-state index contributed by atoms with van der Waals surface area (Å²) in [6.45, 7) is 0.118. The van der Waals surface area contributed by atoms with Gasteiger partial charge in [-0.3, -0.25) is 4.39 Å². The molecule has 44 heavy (non-hydrogen) atoms. The van der Waals surface area contributed by atoms with E-state index in [0.717, 1.165) is 18.4 Å². The average Bonchev–Trinajstić information content (AvgIpc) is 3.75. The van der Waals surface area contributed by atoms with Gasteiger partial charge < -0.3 is 18.8 Å². The maximum Gasteiger partial charge on any atom is 0.337 e. The van der Waals surface area contributed by atoms with Crippen LogP contribution < -0.4 is 9.47 Å². The maximum atomic E-state index is 15.5. The molecule has 3 aromatic carbocycles. The molecule has 0 N–H and O–H groups in total. The first-order valence-electron chi connectivity index (χ1n) is 14.0. The van der Waals surface area contributed by atoms with Crippen LogP contribution in [0.1, 0.15) is 40.2 Å². The lowest BCUT2D eigenvalue weighted by atomic mass is 10.1. The first kappa shape index (κ1) is 29.5. The molecule has 0 unspecified atom stereocenters. The molecule has 2 aromatic heterocycles. The molecule has 2 heterocycles. The minimum atomic E-state index is -0.468. The lowest BCUT2D eigenvalue weighted by Crippen LogP contribution is -2.16. The molecule has 5 aromatic rings. The second-order valence-electron chi connectivity index (χ2n) is 10.9. The van der Waals surface area contributed by atoms with Crippen LogP contribution in [-0.2, 0) is 24.3 Å². The van der Waals surface area contributed by atoms with Crippen molar-refractivity contribution < 1.29 is 27.8 Å². The number of aromatic nitrogens is 4. The van der Waals surface area contributed by atoms with Gasteiger partial charge in [0, 0.05) is 40.7 Å². The Bertz CT molecular complexity index is 1860. The summed E-state index contributed by atoms with van der Waals surface area (Å²) in [5.41, 5.74) is 3.42. The van der Waals surface area contributed by atoms with Gasteiger partial charge in [0.05, 0.1) is 43.2 Å². The summed E-state index contributed by atoms with van der Waals surface area (Å²) in [4.78, 5) is 25.5. The number of methoxy groups -OCH3 is 2. The highest BCUT2D eigenvalue weighted by Crippen LogP contribution is 2.48. The van der Waals surface area contributed by atoms with Crippen LogP contribution >= 0.6 is 11.6 Å². The van der Waals surface area contributed by atoms with Crippen molar-refractivity contribution in [2.45, 2.75) is 32.4 Å². The van der Waals surface area contributed by atoms with E-state index in [-0.39, 0.29) is 18.2 Å². The zero-order chi connectivity index (χ0) is 30.8. The molecule has 1 fully saturated rings. The van der Waals surface area contributed by atoms with Crippen LogP contribution in [0.25, 0.3) is 22.3 Å². The van der Waals surface area contributed by atoms with Crippen LogP contribution in [0.15, 0.2) is 66.9 Å². The molecule has 0 atom stereocenters. The molecule has 11 heteroatoms. The Morgan fingerprint density at radius 2 is 1.89 bits per heavy atom. The summed E-state index contributed by atoms with van der Waals surface area (Å²) in [5, 5.41) is 0.541. The van der Waals surface area contributed by atoms with Gasteiger partial charge in [0.25, 0.3) is 0 Å². The van der Waals surface area contributed by atoms with Crippen molar-refractivity contribution in [3.8, 4) is 23.0 Å². The van der Waals surface area contributed by atoms with Crippen LogP contribution in [0.2, 0.25) is 5.02 Å². The third-order valence-electron chi connectivity index (χ3n) is 7.89. The second kappa shape index (κ2) is 12.2. The largest absolute Gasteiger partial charge is 0.496 e. The highest BCUT2D eigenvalue weighted by atomic mass is 35.5. The first-order valence-corrected chi connectivity index (χ1v) is 14.4. The number of ether oxygens (including phenoxy) is 3. The number of alkyl halides is 1. The van der Waals surface area contributed by atoms with E-state index in [2.05, 4.69) is 9.97 Å². The van der Waals surface area contributed by atoms with Crippen molar-refractivity contribution in [2.75, 3.05) is 20.9 Å². The average molecular weight is 619 g/mol. The van der Waals surface area contributed by atoms with Gasteiger partial charge in [0.1, 0.15) is 24.0 Å². The van der Waals surface area contributed by atoms with Gasteiger partial charge in [-0.2, -0.15) is 4.98 Å². The molecule has 6 rings (SSSR count). The van der Waals surface area contributed by atoms with Crippen LogP contribution in [0.5, 0.6) is 11.8 Å². The van der Waals surface area contributed by atoms with Crippen molar-refractivity contribution in [3.63, 3.8) is 0 Å². The number of carbonyl (C=O) groups is 1. The van der Waals surface area contributed by atoms with E-state index in [1.54, 1.807) is 55.6 Å². The summed E-state index contributed by atoms with van der Waals surface area (Å²) in [7, 11) is 2.87. The Morgan fingerprint density at radius 1 is 1.05 bits per heavy atom. The molecular weight excluding hydrogens is 590 g/mol. The molecular formula is C33H29ClF2N4O4. The van der Waals surface area contributed by atoms with Gasteiger partial charge in [-0.25, -0.2) is 19.2 Å². The van der Waals surface area contributed by atoms with E-state index >= 15 is 4.39 Å². The van der Waals surface area contributed by atoms with E-state index in [0.29, 0.717) is 57.4 Å². The molecule has 8 nitrogen and oxygen atoms in total. The maximum absolute atomic E-state index is 15.5. The number of fused-ring (bicyclic) bond motifs is 1. The Hall–Kier alpha value is -4.57. The van der Waals surface area contributed by atoms with E-state index < -0.39 is 23.9 Å². The molecule has 0 amide bonds. The predicted octanol–water partition coefficient (Wildman–Crippen LogP) is 7.00. The Labute approximate surface area is 257 Å². The molecule has 0 saturated heterocycles. The number of nitrogens with zero attached hydrogens (tertiary/aromatic N) is 4. The normalized spacial score (nSPS) is 13.6. The fourth-order valence-electron chi connectivity index (χ4n) is 5.17. The third-order valence-corrected chi connectivity index (χ3v) is 8.13. The highest BCUT2D eigenvalue weighted by Gasteiger charge is 2.43. The Balaban J connectivity index is 1.25. The number of carbonyl (C=O) groups excluding carboxylic acids is 1. The molecule has 1 saturated carbocycles. The topological polar surface area (TPSA) is 88.4 Å². The molecule has 0 aliphatic heterocycles. The SMILES string of the molecule is COC(=O)c1ccc2nc(Cc3ccc(-c4ccnc(OCc5ccc(Cl)cc5OC)n4)c(F)c3)n(CC3(CF)CC3)c2c1. The van der Waals surface area contributed by atoms with Gasteiger partial charge >= 0.3 is 12.0 Å². The smallest absolute Gasteiger partial charge is 0.337 e. The zero-order valence-corrected chi connectivity index (χ0v) is 24.9. The van der Waals surface area contributed by atoms with E-state index in [4.69, 9.17) is 30.8 Å². The molecule has 0 spiro atoms. The number of hydrogen-bond donors (Lipinski definition) is 0. The van der Waals surface area contributed by atoms with Gasteiger partial charge in [-0.05, 0) is 66.9 Å². The molecule has 0 radical (unpaired) electrons. The number of imidazole rings is 1. The molecule has 0 bridgehead atoms. The molecule has 1 aliphatic carbocycles. The number of halogens is 3. The zero-order valence-electron chi connectivity index (χ0n) is 24.1. The fraction of sp³-hybridized carbons (Fsp3) is 0.273. The minimum Gasteiger partial charge on any atom is -0.496 e. The van der Waals surface area contributed by atoms with Crippen molar-refractivity contribution >= 4 is 28.6 Å². The monoisotopic (exact) mass is 618 g/mol. The van der Waals surface area contributed by atoms with Crippen LogP contribution in [0.3, 0.4) is 0 Å². The first-order chi connectivity index (χ1) is 21.3. The van der Waals surface area contributed by atoms with Crippen LogP contribution in [-0.4, -0.2) is 46.4 Å². The van der Waals surface area contributed by atoms with Crippen molar-refractivity contribution in [1.29, 1.82) is 0 Å². The minimum absolute atomic E-state index is 0.0879. The summed E-state index contributed by atoms with van der Waals surface area (Å²) in [6.07, 6.45) is 3.37. The molecule has 226 valence electrons. The van der Waals surface area contributed by atoms with Crippen LogP contribution in [0.4, 0.5) is 8.78 Å².